The Morgan fingerprint density at radius 1 is 1.13 bits per heavy atom. The van der Waals surface area contributed by atoms with Crippen molar-refractivity contribution in [3.8, 4) is 5.75 Å². The van der Waals surface area contributed by atoms with Gasteiger partial charge in [0.25, 0.3) is 5.91 Å². The number of halogens is 1. The van der Waals surface area contributed by atoms with Crippen LogP contribution in [-0.2, 0) is 0 Å². The number of ether oxygens (including phenoxy) is 1. The van der Waals surface area contributed by atoms with Crippen molar-refractivity contribution in [2.45, 2.75) is 13.8 Å². The summed E-state index contributed by atoms with van der Waals surface area (Å²) in [5.74, 6) is 0.485. The van der Waals surface area contributed by atoms with Crippen molar-refractivity contribution in [3.05, 3.63) is 57.6 Å². The van der Waals surface area contributed by atoms with Crippen molar-refractivity contribution >= 4 is 44.9 Å². The first-order valence-corrected chi connectivity index (χ1v) is 8.14. The summed E-state index contributed by atoms with van der Waals surface area (Å²) in [6.07, 6.45) is 0. The summed E-state index contributed by atoms with van der Waals surface area (Å²) in [6, 6.07) is 11.0. The van der Waals surface area contributed by atoms with Crippen LogP contribution in [0.15, 0.2) is 40.9 Å². The van der Waals surface area contributed by atoms with Crippen LogP contribution in [-0.4, -0.2) is 18.1 Å². The Kier molecular flexibility index (Phi) is 5.74. The zero-order valence-electron chi connectivity index (χ0n) is 13.1. The maximum atomic E-state index is 12.2. The first-order valence-electron chi connectivity index (χ1n) is 6.94. The molecule has 1 amide bonds. The maximum Gasteiger partial charge on any atom is 0.257 e. The van der Waals surface area contributed by atoms with E-state index in [9.17, 15) is 4.79 Å². The van der Waals surface area contributed by atoms with Crippen LogP contribution in [0.25, 0.3) is 0 Å². The number of methoxy groups -OCH3 is 1. The van der Waals surface area contributed by atoms with Gasteiger partial charge in [-0.1, -0.05) is 6.07 Å². The fourth-order valence-corrected chi connectivity index (χ4v) is 2.72. The van der Waals surface area contributed by atoms with E-state index in [4.69, 9.17) is 17.0 Å². The molecule has 0 saturated carbocycles. The predicted molar refractivity (Wildman–Crippen MR) is 100 cm³/mol. The van der Waals surface area contributed by atoms with Crippen LogP contribution >= 0.6 is 28.1 Å². The molecule has 23 heavy (non-hydrogen) atoms. The van der Waals surface area contributed by atoms with Gasteiger partial charge in [0.1, 0.15) is 5.75 Å². The fraction of sp³-hybridized carbons (Fsp3) is 0.176. The topological polar surface area (TPSA) is 50.4 Å². The lowest BCUT2D eigenvalue weighted by Crippen LogP contribution is -2.34. The first-order chi connectivity index (χ1) is 10.9. The van der Waals surface area contributed by atoms with Gasteiger partial charge in [-0.3, -0.25) is 10.1 Å². The molecule has 0 fully saturated rings. The highest BCUT2D eigenvalue weighted by molar-refractivity contribution is 9.10. The van der Waals surface area contributed by atoms with Gasteiger partial charge in [0.15, 0.2) is 5.11 Å². The summed E-state index contributed by atoms with van der Waals surface area (Å²) >= 11 is 8.59. The third kappa shape index (κ3) is 4.53. The van der Waals surface area contributed by atoms with Crippen molar-refractivity contribution < 1.29 is 9.53 Å². The molecule has 120 valence electrons. The molecule has 0 aliphatic rings. The highest BCUT2D eigenvalue weighted by atomic mass is 79.9. The van der Waals surface area contributed by atoms with E-state index in [1.807, 2.05) is 38.1 Å². The summed E-state index contributed by atoms with van der Waals surface area (Å²) in [6.45, 7) is 3.97. The smallest absolute Gasteiger partial charge is 0.257 e. The number of aryl methyl sites for hydroxylation is 2. The molecule has 2 aromatic carbocycles. The van der Waals surface area contributed by atoms with Gasteiger partial charge in [-0.25, -0.2) is 0 Å². The van der Waals surface area contributed by atoms with Gasteiger partial charge in [-0.05, 0) is 83.5 Å². The molecule has 0 bridgehead atoms. The minimum Gasteiger partial charge on any atom is -0.496 e. The second kappa shape index (κ2) is 7.57. The molecule has 0 radical (unpaired) electrons. The molecule has 0 atom stereocenters. The average Bonchev–Trinajstić information content (AvgIpc) is 2.50. The van der Waals surface area contributed by atoms with Gasteiger partial charge in [-0.2, -0.15) is 0 Å². The SMILES string of the molecule is COc1ccc(NC(=S)NC(=O)c2ccc(C)c(C)c2)cc1Br. The summed E-state index contributed by atoms with van der Waals surface area (Å²) in [7, 11) is 1.60. The van der Waals surface area contributed by atoms with E-state index in [0.29, 0.717) is 5.56 Å². The minimum absolute atomic E-state index is 0.238. The van der Waals surface area contributed by atoms with Crippen molar-refractivity contribution in [3.63, 3.8) is 0 Å². The van der Waals surface area contributed by atoms with Gasteiger partial charge in [0.2, 0.25) is 0 Å². The number of thiocarbonyl (C=S) groups is 1. The maximum absolute atomic E-state index is 12.2. The Labute approximate surface area is 149 Å². The zero-order valence-corrected chi connectivity index (χ0v) is 15.5. The van der Waals surface area contributed by atoms with Gasteiger partial charge in [-0.15, -0.1) is 0 Å². The third-order valence-electron chi connectivity index (χ3n) is 3.41. The Bertz CT molecular complexity index is 762. The monoisotopic (exact) mass is 392 g/mol. The molecule has 2 N–H and O–H groups in total. The van der Waals surface area contributed by atoms with E-state index in [-0.39, 0.29) is 11.0 Å². The van der Waals surface area contributed by atoms with Crippen molar-refractivity contribution in [1.29, 1.82) is 0 Å². The second-order valence-corrected chi connectivity index (χ2v) is 6.32. The number of hydrogen-bond acceptors (Lipinski definition) is 3. The number of rotatable bonds is 3. The van der Waals surface area contributed by atoms with E-state index in [1.54, 1.807) is 19.2 Å². The molecule has 4 nitrogen and oxygen atoms in total. The van der Waals surface area contributed by atoms with Crippen LogP contribution in [0.4, 0.5) is 5.69 Å². The summed E-state index contributed by atoms with van der Waals surface area (Å²) in [5.41, 5.74) is 3.54. The lowest BCUT2D eigenvalue weighted by atomic mass is 10.1. The molecule has 6 heteroatoms. The normalized spacial score (nSPS) is 10.1. The van der Waals surface area contributed by atoms with Crippen LogP contribution in [0.1, 0.15) is 21.5 Å². The molecular weight excluding hydrogens is 376 g/mol. The van der Waals surface area contributed by atoms with Gasteiger partial charge in [0.05, 0.1) is 11.6 Å². The number of anilines is 1. The molecule has 0 aliphatic carbocycles. The van der Waals surface area contributed by atoms with E-state index in [1.165, 1.54) is 0 Å². The van der Waals surface area contributed by atoms with Gasteiger partial charge >= 0.3 is 0 Å². The highest BCUT2D eigenvalue weighted by Gasteiger charge is 2.09. The van der Waals surface area contributed by atoms with E-state index >= 15 is 0 Å². The number of hydrogen-bond donors (Lipinski definition) is 2. The molecule has 0 aliphatic heterocycles. The number of benzene rings is 2. The van der Waals surface area contributed by atoms with Crippen molar-refractivity contribution in [2.75, 3.05) is 12.4 Å². The van der Waals surface area contributed by atoms with Crippen molar-refractivity contribution in [2.24, 2.45) is 0 Å². The van der Waals surface area contributed by atoms with Crippen molar-refractivity contribution in [1.82, 2.24) is 5.32 Å². The van der Waals surface area contributed by atoms with E-state index in [2.05, 4.69) is 26.6 Å². The fourth-order valence-electron chi connectivity index (χ4n) is 1.96. The van der Waals surface area contributed by atoms with Gasteiger partial charge < -0.3 is 10.1 Å². The largest absolute Gasteiger partial charge is 0.496 e. The summed E-state index contributed by atoms with van der Waals surface area (Å²) < 4.78 is 5.97. The molecule has 0 aromatic heterocycles. The quantitative estimate of drug-likeness (QED) is 0.768. The molecule has 2 aromatic rings. The minimum atomic E-state index is -0.238. The molecule has 0 spiro atoms. The zero-order chi connectivity index (χ0) is 17.0. The number of nitrogens with one attached hydrogen (secondary N) is 2. The lowest BCUT2D eigenvalue weighted by molar-refractivity contribution is 0.0977. The van der Waals surface area contributed by atoms with Crippen LogP contribution in [0.3, 0.4) is 0 Å². The van der Waals surface area contributed by atoms with Gasteiger partial charge in [0, 0.05) is 11.3 Å². The molecule has 0 heterocycles. The Morgan fingerprint density at radius 2 is 1.87 bits per heavy atom. The molecule has 2 rings (SSSR count). The third-order valence-corrected chi connectivity index (χ3v) is 4.23. The second-order valence-electron chi connectivity index (χ2n) is 5.06. The molecule has 0 saturated heterocycles. The van der Waals surface area contributed by atoms with Crippen LogP contribution in [0.2, 0.25) is 0 Å². The summed E-state index contributed by atoms with van der Waals surface area (Å²) in [4.78, 5) is 12.2. The summed E-state index contributed by atoms with van der Waals surface area (Å²) in [5, 5.41) is 5.89. The van der Waals surface area contributed by atoms with Crippen LogP contribution in [0, 0.1) is 13.8 Å². The molecular formula is C17H17BrN2O2S. The van der Waals surface area contributed by atoms with Crippen LogP contribution in [0.5, 0.6) is 5.75 Å². The number of carbonyl (C=O) groups excluding carboxylic acids is 1. The van der Waals surface area contributed by atoms with E-state index < -0.39 is 0 Å². The average molecular weight is 393 g/mol. The van der Waals surface area contributed by atoms with E-state index in [0.717, 1.165) is 27.0 Å². The number of amides is 1. The van der Waals surface area contributed by atoms with Crippen LogP contribution < -0.4 is 15.4 Å². The highest BCUT2D eigenvalue weighted by Crippen LogP contribution is 2.27. The Balaban J connectivity index is 2.02. The lowest BCUT2D eigenvalue weighted by Gasteiger charge is -2.11. The predicted octanol–water partition coefficient (Wildman–Crippen LogP) is 4.20. The molecule has 0 unspecified atom stereocenters. The standard InChI is InChI=1S/C17H17BrN2O2S/c1-10-4-5-12(8-11(10)2)16(21)20-17(23)19-13-6-7-15(22-3)14(18)9-13/h4-9H,1-3H3,(H2,19,20,21,23). The Morgan fingerprint density at radius 3 is 2.48 bits per heavy atom. The Hall–Kier alpha value is -1.92. The number of carbonyl (C=O) groups is 1. The first kappa shape index (κ1) is 17.4.